The zero-order valence-electron chi connectivity index (χ0n) is 17.7. The minimum Gasteiger partial charge on any atom is -0.292 e. The van der Waals surface area contributed by atoms with Crippen molar-refractivity contribution in [1.82, 2.24) is 15.3 Å². The largest absolute Gasteiger partial charge is 0.292 e. The molecule has 0 saturated carbocycles. The van der Waals surface area contributed by atoms with E-state index < -0.39 is 11.8 Å². The number of thioether (sulfide) groups is 2. The summed E-state index contributed by atoms with van der Waals surface area (Å²) in [4.78, 5) is 40.1. The van der Waals surface area contributed by atoms with E-state index in [2.05, 4.69) is 21.4 Å². The SMILES string of the molecule is O=C(CCN1C(=O)/C(=C/c2ccc(F)cc2)SC1=S)NN1C(=O)/C(=C\c2ccc(Br)cc2)SC1=S. The van der Waals surface area contributed by atoms with E-state index in [1.807, 2.05) is 24.3 Å². The first-order valence-corrected chi connectivity index (χ1v) is 13.3. The third-order valence-corrected chi connectivity index (χ3v) is 8.01. The van der Waals surface area contributed by atoms with E-state index in [1.165, 1.54) is 17.0 Å². The summed E-state index contributed by atoms with van der Waals surface area (Å²) < 4.78 is 14.6. The minimum atomic E-state index is -0.484. The van der Waals surface area contributed by atoms with E-state index in [0.717, 1.165) is 38.6 Å². The molecule has 0 spiro atoms. The van der Waals surface area contributed by atoms with Gasteiger partial charge in [-0.1, -0.05) is 75.9 Å². The van der Waals surface area contributed by atoms with Crippen molar-refractivity contribution in [3.63, 3.8) is 0 Å². The normalized spacial score (nSPS) is 18.3. The minimum absolute atomic E-state index is 0.0424. The number of carbonyl (C=O) groups excluding carboxylic acids is 3. The molecule has 0 bridgehead atoms. The predicted octanol–water partition coefficient (Wildman–Crippen LogP) is 5.11. The quantitative estimate of drug-likeness (QED) is 0.361. The summed E-state index contributed by atoms with van der Waals surface area (Å²) in [6, 6.07) is 13.1. The highest BCUT2D eigenvalue weighted by atomic mass is 79.9. The van der Waals surface area contributed by atoms with Gasteiger partial charge in [-0.2, -0.15) is 5.01 Å². The Morgan fingerprint density at radius 3 is 2.09 bits per heavy atom. The van der Waals surface area contributed by atoms with Crippen LogP contribution in [0.15, 0.2) is 62.8 Å². The number of benzene rings is 2. The van der Waals surface area contributed by atoms with Crippen molar-refractivity contribution in [3.05, 3.63) is 79.8 Å². The maximum Gasteiger partial charge on any atom is 0.285 e. The zero-order chi connectivity index (χ0) is 25.1. The molecule has 2 fully saturated rings. The first-order valence-electron chi connectivity index (χ1n) is 10.1. The molecule has 2 aromatic carbocycles. The zero-order valence-corrected chi connectivity index (χ0v) is 22.5. The molecule has 12 heteroatoms. The van der Waals surface area contributed by atoms with Gasteiger partial charge in [-0.15, -0.1) is 0 Å². The van der Waals surface area contributed by atoms with Crippen molar-refractivity contribution >= 4 is 102 Å². The van der Waals surface area contributed by atoms with Gasteiger partial charge >= 0.3 is 0 Å². The van der Waals surface area contributed by atoms with Crippen LogP contribution in [0.4, 0.5) is 4.39 Å². The molecule has 35 heavy (non-hydrogen) atoms. The Morgan fingerprint density at radius 1 is 0.914 bits per heavy atom. The van der Waals surface area contributed by atoms with E-state index in [0.29, 0.717) is 19.7 Å². The standard InChI is InChI=1S/C23H15BrFN3O3S4/c24-15-5-1-13(2-6-15)12-18-21(31)28(23(33)35-18)26-19(29)9-10-27-20(30)17(34-22(27)32)11-14-3-7-16(25)8-4-14/h1-8,11-12H,9-10H2,(H,26,29)/b17-11-,18-12+. The summed E-state index contributed by atoms with van der Waals surface area (Å²) in [5.41, 5.74) is 3.99. The van der Waals surface area contributed by atoms with Gasteiger partial charge in [-0.05, 0) is 59.8 Å². The van der Waals surface area contributed by atoms with Gasteiger partial charge in [0.05, 0.1) is 9.81 Å². The van der Waals surface area contributed by atoms with Crippen molar-refractivity contribution in [2.24, 2.45) is 0 Å². The highest BCUT2D eigenvalue weighted by Gasteiger charge is 2.35. The number of nitrogens with one attached hydrogen (secondary N) is 1. The smallest absolute Gasteiger partial charge is 0.285 e. The summed E-state index contributed by atoms with van der Waals surface area (Å²) in [6.45, 7) is 0.0424. The van der Waals surface area contributed by atoms with Crippen LogP contribution in [0, 0.1) is 5.82 Å². The number of nitrogens with zero attached hydrogens (tertiary/aromatic N) is 2. The number of rotatable bonds is 6. The van der Waals surface area contributed by atoms with Crippen LogP contribution < -0.4 is 5.43 Å². The Bertz CT molecular complexity index is 1300. The second-order valence-corrected chi connectivity index (χ2v) is 11.5. The molecule has 0 aromatic heterocycles. The Hall–Kier alpha value is -2.38. The molecule has 1 N–H and O–H groups in total. The molecule has 0 aliphatic carbocycles. The van der Waals surface area contributed by atoms with E-state index in [9.17, 15) is 18.8 Å². The first-order chi connectivity index (χ1) is 16.7. The van der Waals surface area contributed by atoms with Crippen LogP contribution in [0.3, 0.4) is 0 Å². The molecule has 2 aliphatic heterocycles. The summed E-state index contributed by atoms with van der Waals surface area (Å²) in [5.74, 6) is -1.61. The van der Waals surface area contributed by atoms with E-state index >= 15 is 0 Å². The van der Waals surface area contributed by atoms with Crippen LogP contribution in [-0.4, -0.2) is 42.8 Å². The topological polar surface area (TPSA) is 69.7 Å². The molecule has 3 amide bonds. The van der Waals surface area contributed by atoms with Crippen LogP contribution in [-0.2, 0) is 14.4 Å². The lowest BCUT2D eigenvalue weighted by Crippen LogP contribution is -2.46. The average Bonchev–Trinajstić information content (AvgIpc) is 3.24. The van der Waals surface area contributed by atoms with Crippen LogP contribution in [0.2, 0.25) is 0 Å². The maximum atomic E-state index is 13.1. The summed E-state index contributed by atoms with van der Waals surface area (Å²) in [6.07, 6.45) is 3.24. The van der Waals surface area contributed by atoms with Crippen molar-refractivity contribution in [1.29, 1.82) is 0 Å². The van der Waals surface area contributed by atoms with Crippen LogP contribution in [0.5, 0.6) is 0 Å². The lowest BCUT2D eigenvalue weighted by molar-refractivity contribution is -0.133. The second-order valence-electron chi connectivity index (χ2n) is 7.24. The average molecular weight is 609 g/mol. The Labute approximate surface area is 228 Å². The van der Waals surface area contributed by atoms with E-state index in [-0.39, 0.29) is 29.0 Å². The number of hydrogen-bond acceptors (Lipinski definition) is 7. The monoisotopic (exact) mass is 607 g/mol. The molecule has 0 radical (unpaired) electrons. The molecular formula is C23H15BrFN3O3S4. The number of amides is 3. The number of hydrogen-bond donors (Lipinski definition) is 1. The second kappa shape index (κ2) is 11.1. The van der Waals surface area contributed by atoms with Crippen LogP contribution >= 0.6 is 63.9 Å². The molecule has 2 aromatic rings. The Kier molecular flexibility index (Phi) is 8.17. The van der Waals surface area contributed by atoms with Gasteiger partial charge in [0.15, 0.2) is 4.32 Å². The van der Waals surface area contributed by atoms with Gasteiger partial charge in [0, 0.05) is 17.4 Å². The molecule has 178 valence electrons. The molecule has 2 aliphatic rings. The number of carbonyl (C=O) groups is 3. The highest BCUT2D eigenvalue weighted by Crippen LogP contribution is 2.33. The van der Waals surface area contributed by atoms with Gasteiger partial charge in [0.25, 0.3) is 11.8 Å². The van der Waals surface area contributed by atoms with Gasteiger partial charge in [0.1, 0.15) is 10.1 Å². The van der Waals surface area contributed by atoms with Gasteiger partial charge in [-0.25, -0.2) is 4.39 Å². The highest BCUT2D eigenvalue weighted by molar-refractivity contribution is 9.10. The lowest BCUT2D eigenvalue weighted by atomic mass is 10.2. The fourth-order valence-electron chi connectivity index (χ4n) is 3.07. The van der Waals surface area contributed by atoms with Crippen molar-refractivity contribution in [2.75, 3.05) is 6.54 Å². The van der Waals surface area contributed by atoms with Crippen LogP contribution in [0.25, 0.3) is 12.2 Å². The van der Waals surface area contributed by atoms with Crippen molar-refractivity contribution < 1.29 is 18.8 Å². The van der Waals surface area contributed by atoms with Gasteiger partial charge in [-0.3, -0.25) is 24.7 Å². The Morgan fingerprint density at radius 2 is 1.46 bits per heavy atom. The van der Waals surface area contributed by atoms with Crippen molar-refractivity contribution in [2.45, 2.75) is 6.42 Å². The lowest BCUT2D eigenvalue weighted by Gasteiger charge is -2.18. The van der Waals surface area contributed by atoms with Crippen molar-refractivity contribution in [3.8, 4) is 0 Å². The summed E-state index contributed by atoms with van der Waals surface area (Å²) in [7, 11) is 0. The number of thiocarbonyl (C=S) groups is 2. The molecule has 2 heterocycles. The number of hydrazine groups is 1. The molecule has 6 nitrogen and oxygen atoms in total. The maximum absolute atomic E-state index is 13.1. The summed E-state index contributed by atoms with van der Waals surface area (Å²) >= 11 is 16.1. The fraction of sp³-hybridized carbons (Fsp3) is 0.0870. The molecule has 4 rings (SSSR count). The van der Waals surface area contributed by atoms with Gasteiger partial charge in [0.2, 0.25) is 5.91 Å². The molecule has 0 atom stereocenters. The Balaban J connectivity index is 1.35. The van der Waals surface area contributed by atoms with E-state index in [1.54, 1.807) is 24.3 Å². The number of halogens is 2. The van der Waals surface area contributed by atoms with E-state index in [4.69, 9.17) is 24.4 Å². The predicted molar refractivity (Wildman–Crippen MR) is 148 cm³/mol. The fourth-order valence-corrected chi connectivity index (χ4v) is 5.82. The molecule has 0 unspecified atom stereocenters. The van der Waals surface area contributed by atoms with Crippen LogP contribution in [0.1, 0.15) is 17.5 Å². The molecule has 2 saturated heterocycles. The molecular weight excluding hydrogens is 593 g/mol. The first kappa shape index (κ1) is 25.7. The van der Waals surface area contributed by atoms with Gasteiger partial charge < -0.3 is 0 Å². The summed E-state index contributed by atoms with van der Waals surface area (Å²) in [5, 5.41) is 1.03. The third-order valence-electron chi connectivity index (χ3n) is 4.80. The third kappa shape index (κ3) is 6.25.